The minimum Gasteiger partial charge on any atom is -0.489 e. The molecule has 0 fully saturated rings. The number of nitrogens with zero attached hydrogens (tertiary/aromatic N) is 1. The van der Waals surface area contributed by atoms with E-state index < -0.39 is 5.97 Å². The third kappa shape index (κ3) is 4.30. The second kappa shape index (κ2) is 8.11. The summed E-state index contributed by atoms with van der Waals surface area (Å²) in [4.78, 5) is 16.4. The van der Waals surface area contributed by atoms with Gasteiger partial charge in [-0.1, -0.05) is 54.1 Å². The van der Waals surface area contributed by atoms with Crippen LogP contribution >= 0.6 is 11.6 Å². The highest BCUT2D eigenvalue weighted by atomic mass is 35.5. The Morgan fingerprint density at radius 2 is 1.64 bits per heavy atom. The van der Waals surface area contributed by atoms with Crippen molar-refractivity contribution >= 4 is 29.5 Å². The van der Waals surface area contributed by atoms with Crippen molar-refractivity contribution in [1.82, 2.24) is 0 Å². The molecular weight excluding hydrogens is 374 g/mol. The third-order valence-corrected chi connectivity index (χ3v) is 4.40. The monoisotopic (exact) mass is 389 g/mol. The summed E-state index contributed by atoms with van der Waals surface area (Å²) in [7, 11) is 0. The van der Waals surface area contributed by atoms with Gasteiger partial charge in [-0.15, -0.1) is 0 Å². The molecule has 3 aromatic rings. The van der Waals surface area contributed by atoms with Gasteiger partial charge in [-0.2, -0.15) is 0 Å². The van der Waals surface area contributed by atoms with Crippen LogP contribution in [0.25, 0.3) is 6.08 Å². The molecule has 4 nitrogen and oxygen atoms in total. The summed E-state index contributed by atoms with van der Waals surface area (Å²) < 4.78 is 11.0. The second-order valence-corrected chi connectivity index (χ2v) is 6.62. The third-order valence-electron chi connectivity index (χ3n) is 4.14. The van der Waals surface area contributed by atoms with E-state index in [4.69, 9.17) is 21.1 Å². The molecule has 0 bridgehead atoms. The van der Waals surface area contributed by atoms with E-state index in [9.17, 15) is 4.79 Å². The Balaban J connectivity index is 1.46. The topological polar surface area (TPSA) is 47.9 Å². The molecule has 0 aromatic heterocycles. The Kier molecular flexibility index (Phi) is 5.22. The van der Waals surface area contributed by atoms with E-state index >= 15 is 0 Å². The molecule has 0 N–H and O–H groups in total. The first kappa shape index (κ1) is 18.0. The van der Waals surface area contributed by atoms with Crippen molar-refractivity contribution in [3.05, 3.63) is 106 Å². The smallest absolute Gasteiger partial charge is 0.363 e. The summed E-state index contributed by atoms with van der Waals surface area (Å²) in [6.07, 6.45) is 1.69. The first-order valence-electron chi connectivity index (χ1n) is 8.73. The van der Waals surface area contributed by atoms with Gasteiger partial charge in [0.15, 0.2) is 5.70 Å². The molecule has 138 valence electrons. The standard InChI is InChI=1S/C23H16ClNO3/c24-19-10-8-18(9-11-19)22-25-21(23(26)28-22)14-16-6-12-20(13-7-16)27-15-17-4-2-1-3-5-17/h1-14H,15H2/b21-14+. The molecule has 5 heteroatoms. The first-order valence-corrected chi connectivity index (χ1v) is 9.10. The van der Waals surface area contributed by atoms with Gasteiger partial charge in [-0.25, -0.2) is 9.79 Å². The van der Waals surface area contributed by atoms with Gasteiger partial charge in [0, 0.05) is 10.6 Å². The van der Waals surface area contributed by atoms with E-state index in [2.05, 4.69) is 4.99 Å². The lowest BCUT2D eigenvalue weighted by Gasteiger charge is -2.06. The number of carbonyl (C=O) groups is 1. The van der Waals surface area contributed by atoms with Crippen LogP contribution in [0.4, 0.5) is 0 Å². The molecule has 0 saturated carbocycles. The number of hydrogen-bond acceptors (Lipinski definition) is 4. The number of cyclic esters (lactones) is 1. The highest BCUT2D eigenvalue weighted by Gasteiger charge is 2.24. The van der Waals surface area contributed by atoms with Crippen molar-refractivity contribution in [3.8, 4) is 5.75 Å². The van der Waals surface area contributed by atoms with Gasteiger partial charge in [-0.05, 0) is 53.6 Å². The van der Waals surface area contributed by atoms with Crippen molar-refractivity contribution in [2.75, 3.05) is 0 Å². The van der Waals surface area contributed by atoms with E-state index in [1.807, 2.05) is 54.6 Å². The number of rotatable bonds is 5. The van der Waals surface area contributed by atoms with Crippen LogP contribution in [0.2, 0.25) is 5.02 Å². The predicted molar refractivity (Wildman–Crippen MR) is 109 cm³/mol. The van der Waals surface area contributed by atoms with E-state index in [1.165, 1.54) is 0 Å². The molecule has 3 aromatic carbocycles. The van der Waals surface area contributed by atoms with Crippen molar-refractivity contribution < 1.29 is 14.3 Å². The maximum Gasteiger partial charge on any atom is 0.363 e. The number of hydrogen-bond donors (Lipinski definition) is 0. The van der Waals surface area contributed by atoms with Crippen LogP contribution in [-0.2, 0) is 16.1 Å². The number of carbonyl (C=O) groups excluding carboxylic acids is 1. The summed E-state index contributed by atoms with van der Waals surface area (Å²) in [5.74, 6) is 0.551. The fourth-order valence-corrected chi connectivity index (χ4v) is 2.81. The lowest BCUT2D eigenvalue weighted by Crippen LogP contribution is -2.05. The van der Waals surface area contributed by atoms with Gasteiger partial charge >= 0.3 is 5.97 Å². The van der Waals surface area contributed by atoms with Crippen molar-refractivity contribution in [2.24, 2.45) is 4.99 Å². The highest BCUT2D eigenvalue weighted by molar-refractivity contribution is 6.30. The normalized spacial score (nSPS) is 14.7. The average molecular weight is 390 g/mol. The molecule has 0 atom stereocenters. The van der Waals surface area contributed by atoms with Gasteiger partial charge < -0.3 is 9.47 Å². The van der Waals surface area contributed by atoms with Gasteiger partial charge in [0.05, 0.1) is 0 Å². The minimum absolute atomic E-state index is 0.253. The number of esters is 1. The number of halogens is 1. The minimum atomic E-state index is -0.477. The van der Waals surface area contributed by atoms with E-state index in [0.29, 0.717) is 17.2 Å². The quantitative estimate of drug-likeness (QED) is 0.441. The van der Waals surface area contributed by atoms with Crippen LogP contribution < -0.4 is 4.74 Å². The van der Waals surface area contributed by atoms with E-state index in [0.717, 1.165) is 16.9 Å². The van der Waals surface area contributed by atoms with E-state index in [-0.39, 0.29) is 11.6 Å². The summed E-state index contributed by atoms with van der Waals surface area (Å²) in [6.45, 7) is 0.502. The van der Waals surface area contributed by atoms with Gasteiger partial charge in [0.25, 0.3) is 0 Å². The average Bonchev–Trinajstić information content (AvgIpc) is 3.09. The molecule has 4 rings (SSSR count). The Bertz CT molecular complexity index is 1040. The number of ether oxygens (including phenoxy) is 2. The molecule has 0 radical (unpaired) electrons. The highest BCUT2D eigenvalue weighted by Crippen LogP contribution is 2.21. The van der Waals surface area contributed by atoms with Crippen LogP contribution in [0.3, 0.4) is 0 Å². The molecule has 0 amide bonds. The largest absolute Gasteiger partial charge is 0.489 e. The van der Waals surface area contributed by atoms with Crippen molar-refractivity contribution in [1.29, 1.82) is 0 Å². The summed E-state index contributed by atoms with van der Waals surface area (Å²) >= 11 is 5.88. The van der Waals surface area contributed by atoms with Crippen LogP contribution in [0.1, 0.15) is 16.7 Å². The molecular formula is C23H16ClNO3. The van der Waals surface area contributed by atoms with Gasteiger partial charge in [0.1, 0.15) is 12.4 Å². The zero-order valence-corrected chi connectivity index (χ0v) is 15.6. The molecule has 1 aliphatic rings. The van der Waals surface area contributed by atoms with Crippen molar-refractivity contribution in [3.63, 3.8) is 0 Å². The van der Waals surface area contributed by atoms with Gasteiger partial charge in [-0.3, -0.25) is 0 Å². The Morgan fingerprint density at radius 3 is 2.36 bits per heavy atom. The predicted octanol–water partition coefficient (Wildman–Crippen LogP) is 5.26. The molecule has 0 saturated heterocycles. The summed E-state index contributed by atoms with van der Waals surface area (Å²) in [5.41, 5.74) is 2.89. The van der Waals surface area contributed by atoms with Crippen LogP contribution in [-0.4, -0.2) is 11.9 Å². The Morgan fingerprint density at radius 1 is 0.929 bits per heavy atom. The summed E-state index contributed by atoms with van der Waals surface area (Å²) in [6, 6.07) is 24.4. The number of aliphatic imine (C=N–C) groups is 1. The Hall–Kier alpha value is -3.37. The fourth-order valence-electron chi connectivity index (χ4n) is 2.68. The molecule has 28 heavy (non-hydrogen) atoms. The lowest BCUT2D eigenvalue weighted by molar-refractivity contribution is -0.129. The molecule has 1 heterocycles. The molecule has 0 spiro atoms. The zero-order valence-electron chi connectivity index (χ0n) is 14.8. The number of benzene rings is 3. The van der Waals surface area contributed by atoms with Crippen LogP contribution in [0.5, 0.6) is 5.75 Å². The zero-order chi connectivity index (χ0) is 19.3. The summed E-state index contributed by atoms with van der Waals surface area (Å²) in [5, 5.41) is 0.610. The first-order chi connectivity index (χ1) is 13.7. The van der Waals surface area contributed by atoms with Gasteiger partial charge in [0.2, 0.25) is 5.90 Å². The fraction of sp³-hybridized carbons (Fsp3) is 0.0435. The molecule has 0 unspecified atom stereocenters. The van der Waals surface area contributed by atoms with E-state index in [1.54, 1.807) is 30.3 Å². The van der Waals surface area contributed by atoms with Crippen molar-refractivity contribution in [2.45, 2.75) is 6.61 Å². The lowest BCUT2D eigenvalue weighted by atomic mass is 10.2. The Labute approximate surface area is 167 Å². The maximum atomic E-state index is 12.1. The molecule has 1 aliphatic heterocycles. The SMILES string of the molecule is O=C1OC(c2ccc(Cl)cc2)=N/C1=C/c1ccc(OCc2ccccc2)cc1. The second-order valence-electron chi connectivity index (χ2n) is 6.19. The van der Waals surface area contributed by atoms with Crippen LogP contribution in [0.15, 0.2) is 89.6 Å². The van der Waals surface area contributed by atoms with Crippen LogP contribution in [0, 0.1) is 0 Å². The maximum absolute atomic E-state index is 12.1. The molecule has 0 aliphatic carbocycles.